The van der Waals surface area contributed by atoms with Crippen LogP contribution in [0.3, 0.4) is 0 Å². The largest absolute Gasteiger partial charge is 0.469 e. The second kappa shape index (κ2) is 15.0. The summed E-state index contributed by atoms with van der Waals surface area (Å²) < 4.78 is 10.4. The summed E-state index contributed by atoms with van der Waals surface area (Å²) in [6.45, 7) is 0. The molecule has 2 fully saturated rings. The Balaban J connectivity index is 1.46. The summed E-state index contributed by atoms with van der Waals surface area (Å²) in [6, 6.07) is 0. The first-order valence-electron chi connectivity index (χ1n) is 12.1. The van der Waals surface area contributed by atoms with E-state index in [4.69, 9.17) is 0 Å². The average Bonchev–Trinajstić information content (AvgIpc) is 3.33. The van der Waals surface area contributed by atoms with Gasteiger partial charge in [0.2, 0.25) is 0 Å². The van der Waals surface area contributed by atoms with E-state index in [2.05, 4.69) is 44.8 Å². The fraction of sp³-hybridized carbons (Fsp3) is 0.917. The van der Waals surface area contributed by atoms with Crippen molar-refractivity contribution in [3.05, 3.63) is 0 Å². The highest BCUT2D eigenvalue weighted by Gasteiger charge is 2.55. The van der Waals surface area contributed by atoms with Gasteiger partial charge in [-0.15, -0.1) is 35.3 Å². The molecule has 4 nitrogen and oxygen atoms in total. The Hall–Kier alpha value is -0.0100. The maximum absolute atomic E-state index is 11.1. The summed E-state index contributed by atoms with van der Waals surface area (Å²) in [5, 5.41) is 0. The Kier molecular flexibility index (Phi) is 13.2. The molecule has 31 heavy (non-hydrogen) atoms. The third kappa shape index (κ3) is 10.2. The van der Waals surface area contributed by atoms with Crippen molar-refractivity contribution in [2.45, 2.75) is 111 Å². The number of unbranched alkanes of at least 4 members (excludes halogenated alkanes) is 10. The molecule has 2 atom stereocenters. The number of carbonyl (C=O) groups is 2. The standard InChI is InChI=1S/C24H42O4S3/c1-27-21(25)15-11-7-3-5-9-13-17-23-19-30-24(31-23,20-29-23)18-14-10-6-4-8-12-16-22(26)28-2/h3-20H2,1-2H3. The molecule has 2 aliphatic heterocycles. The van der Waals surface area contributed by atoms with Gasteiger partial charge in [0.1, 0.15) is 0 Å². The maximum atomic E-state index is 11.1. The second-order valence-electron chi connectivity index (χ2n) is 8.90. The lowest BCUT2D eigenvalue weighted by Gasteiger charge is -2.25. The quantitative estimate of drug-likeness (QED) is 0.149. The molecule has 0 spiro atoms. The molecule has 7 heteroatoms. The lowest BCUT2D eigenvalue weighted by molar-refractivity contribution is -0.141. The van der Waals surface area contributed by atoms with Crippen molar-refractivity contribution in [1.29, 1.82) is 0 Å². The summed E-state index contributed by atoms with van der Waals surface area (Å²) in [5.74, 6) is 2.50. The van der Waals surface area contributed by atoms with E-state index < -0.39 is 0 Å². The third-order valence-electron chi connectivity index (χ3n) is 6.31. The SMILES string of the molecule is COC(=O)CCCCCCCCC12CSC(CCCCCCCCC(=O)OC)(CS1)S2. The number of fused-ring (bicyclic) bond motifs is 2. The number of esters is 2. The average molecular weight is 491 g/mol. The molecule has 0 saturated carbocycles. The van der Waals surface area contributed by atoms with Crippen LogP contribution in [0.2, 0.25) is 0 Å². The summed E-state index contributed by atoms with van der Waals surface area (Å²) >= 11 is 6.79. The molecular formula is C24H42O4S3. The first-order chi connectivity index (χ1) is 15.0. The molecule has 2 saturated heterocycles. The van der Waals surface area contributed by atoms with Crippen LogP contribution in [0.5, 0.6) is 0 Å². The number of rotatable bonds is 18. The Morgan fingerprint density at radius 1 is 0.613 bits per heavy atom. The van der Waals surface area contributed by atoms with Crippen LogP contribution in [-0.4, -0.2) is 45.8 Å². The van der Waals surface area contributed by atoms with Gasteiger partial charge in [0.05, 0.1) is 22.4 Å². The minimum atomic E-state index is -0.0766. The molecule has 2 aliphatic rings. The van der Waals surface area contributed by atoms with Crippen molar-refractivity contribution in [1.82, 2.24) is 0 Å². The summed E-state index contributed by atoms with van der Waals surface area (Å²) in [5.41, 5.74) is 0. The minimum Gasteiger partial charge on any atom is -0.469 e. The molecule has 0 aromatic rings. The number of ether oxygens (including phenoxy) is 2. The molecule has 0 N–H and O–H groups in total. The van der Waals surface area contributed by atoms with Crippen molar-refractivity contribution in [2.24, 2.45) is 0 Å². The maximum Gasteiger partial charge on any atom is 0.305 e. The molecule has 180 valence electrons. The van der Waals surface area contributed by atoms with Gasteiger partial charge in [0.15, 0.2) is 0 Å². The fourth-order valence-corrected chi connectivity index (χ4v) is 11.1. The molecule has 0 aromatic carbocycles. The first kappa shape index (κ1) is 27.2. The van der Waals surface area contributed by atoms with Crippen LogP contribution in [-0.2, 0) is 19.1 Å². The number of hydrogen-bond donors (Lipinski definition) is 0. The number of carbonyl (C=O) groups excluding carboxylic acids is 2. The zero-order chi connectivity index (χ0) is 22.4. The molecule has 0 radical (unpaired) electrons. The highest BCUT2D eigenvalue weighted by molar-refractivity contribution is 8.33. The van der Waals surface area contributed by atoms with Gasteiger partial charge in [0, 0.05) is 24.3 Å². The van der Waals surface area contributed by atoms with E-state index in [0.29, 0.717) is 21.0 Å². The lowest BCUT2D eigenvalue weighted by atomic mass is 10.1. The van der Waals surface area contributed by atoms with Crippen LogP contribution in [0.4, 0.5) is 0 Å². The van der Waals surface area contributed by atoms with E-state index >= 15 is 0 Å². The molecule has 2 bridgehead atoms. The topological polar surface area (TPSA) is 52.6 Å². The summed E-state index contributed by atoms with van der Waals surface area (Å²) in [4.78, 5) is 22.2. The predicted molar refractivity (Wildman–Crippen MR) is 136 cm³/mol. The molecular weight excluding hydrogens is 448 g/mol. The number of hydrogen-bond acceptors (Lipinski definition) is 7. The smallest absolute Gasteiger partial charge is 0.305 e. The van der Waals surface area contributed by atoms with Gasteiger partial charge in [-0.05, 0) is 25.7 Å². The molecule has 2 rings (SSSR count). The van der Waals surface area contributed by atoms with Gasteiger partial charge in [-0.2, -0.15) is 0 Å². The molecule has 2 unspecified atom stereocenters. The van der Waals surface area contributed by atoms with Crippen LogP contribution in [0.25, 0.3) is 0 Å². The van der Waals surface area contributed by atoms with E-state index in [-0.39, 0.29) is 11.9 Å². The summed E-state index contributed by atoms with van der Waals surface area (Å²) in [7, 11) is 2.93. The molecule has 0 amide bonds. The molecule has 0 aliphatic carbocycles. The van der Waals surface area contributed by atoms with Crippen LogP contribution in [0.15, 0.2) is 0 Å². The monoisotopic (exact) mass is 490 g/mol. The van der Waals surface area contributed by atoms with Gasteiger partial charge in [0.25, 0.3) is 0 Å². The Labute approximate surface area is 202 Å². The van der Waals surface area contributed by atoms with Crippen molar-refractivity contribution < 1.29 is 19.1 Å². The first-order valence-corrected chi connectivity index (χ1v) is 14.9. The fourth-order valence-electron chi connectivity index (χ4n) is 4.36. The lowest BCUT2D eigenvalue weighted by Crippen LogP contribution is -2.21. The van der Waals surface area contributed by atoms with Crippen LogP contribution < -0.4 is 0 Å². The minimum absolute atomic E-state index is 0.0766. The van der Waals surface area contributed by atoms with E-state index in [9.17, 15) is 9.59 Å². The van der Waals surface area contributed by atoms with E-state index in [0.717, 1.165) is 25.7 Å². The van der Waals surface area contributed by atoms with Crippen molar-refractivity contribution in [2.75, 3.05) is 25.7 Å². The van der Waals surface area contributed by atoms with Crippen molar-refractivity contribution >= 4 is 47.2 Å². The molecule has 2 heterocycles. The van der Waals surface area contributed by atoms with Crippen molar-refractivity contribution in [3.63, 3.8) is 0 Å². The Bertz CT molecular complexity index is 487. The Morgan fingerprint density at radius 2 is 0.968 bits per heavy atom. The Morgan fingerprint density at radius 3 is 1.32 bits per heavy atom. The van der Waals surface area contributed by atoms with Gasteiger partial charge < -0.3 is 9.47 Å². The van der Waals surface area contributed by atoms with E-state index in [1.54, 1.807) is 0 Å². The highest BCUT2D eigenvalue weighted by atomic mass is 32.2. The van der Waals surface area contributed by atoms with Crippen LogP contribution >= 0.6 is 35.3 Å². The zero-order valence-corrected chi connectivity index (χ0v) is 22.0. The normalized spacial score (nSPS) is 24.5. The van der Waals surface area contributed by atoms with Gasteiger partial charge >= 0.3 is 11.9 Å². The van der Waals surface area contributed by atoms with Crippen LogP contribution in [0.1, 0.15) is 103 Å². The van der Waals surface area contributed by atoms with Crippen LogP contribution in [0, 0.1) is 0 Å². The van der Waals surface area contributed by atoms with Crippen molar-refractivity contribution in [3.8, 4) is 0 Å². The second-order valence-corrected chi connectivity index (χ2v) is 13.9. The van der Waals surface area contributed by atoms with E-state index in [1.165, 1.54) is 89.9 Å². The van der Waals surface area contributed by atoms with E-state index in [1.807, 2.05) is 0 Å². The zero-order valence-electron chi connectivity index (χ0n) is 19.6. The number of thioether (sulfide) groups is 3. The summed E-state index contributed by atoms with van der Waals surface area (Å²) in [6.07, 6.45) is 18.5. The number of methoxy groups -OCH3 is 2. The van der Waals surface area contributed by atoms with Gasteiger partial charge in [-0.3, -0.25) is 9.59 Å². The highest BCUT2D eigenvalue weighted by Crippen LogP contribution is 2.69. The van der Waals surface area contributed by atoms with Gasteiger partial charge in [-0.25, -0.2) is 0 Å². The van der Waals surface area contributed by atoms with Gasteiger partial charge in [-0.1, -0.05) is 64.2 Å². The molecule has 0 aromatic heterocycles. The predicted octanol–water partition coefficient (Wildman–Crippen LogP) is 7.19. The third-order valence-corrected chi connectivity index (χ3v) is 12.7.